The molecule has 2 nitrogen and oxygen atoms in total. The Bertz CT molecular complexity index is 603. The molecule has 0 amide bonds. The van der Waals surface area contributed by atoms with Crippen molar-refractivity contribution in [2.45, 2.75) is 40.0 Å². The third-order valence-corrected chi connectivity index (χ3v) is 3.95. The van der Waals surface area contributed by atoms with Gasteiger partial charge in [-0.05, 0) is 63.9 Å². The van der Waals surface area contributed by atoms with E-state index in [0.717, 1.165) is 19.4 Å². The van der Waals surface area contributed by atoms with Crippen LogP contribution < -0.4 is 0 Å². The van der Waals surface area contributed by atoms with Gasteiger partial charge in [0.15, 0.2) is 0 Å². The fourth-order valence-electron chi connectivity index (χ4n) is 2.69. The summed E-state index contributed by atoms with van der Waals surface area (Å²) in [5.74, 6) is 0. The van der Waals surface area contributed by atoms with Crippen molar-refractivity contribution >= 4 is 10.9 Å². The van der Waals surface area contributed by atoms with Crippen LogP contribution in [0.4, 0.5) is 0 Å². The Morgan fingerprint density at radius 3 is 2.76 bits per heavy atom. The number of hydrogen-bond donors (Lipinski definition) is 1. The first-order valence-corrected chi connectivity index (χ1v) is 8.01. The molecular weight excluding hydrogens is 256 g/mol. The zero-order valence-corrected chi connectivity index (χ0v) is 13.9. The lowest BCUT2D eigenvalue weighted by Crippen LogP contribution is -2.21. The van der Waals surface area contributed by atoms with E-state index >= 15 is 0 Å². The Labute approximate surface area is 128 Å². The molecule has 2 rings (SSSR count). The Hall–Kier alpha value is -1.54. The second-order valence-corrected chi connectivity index (χ2v) is 6.23. The van der Waals surface area contributed by atoms with E-state index in [1.54, 1.807) is 0 Å². The number of aromatic amines is 1. The number of allylic oxidation sites excluding steroid dienone is 2. The van der Waals surface area contributed by atoms with Crippen molar-refractivity contribution in [3.63, 3.8) is 0 Å². The van der Waals surface area contributed by atoms with Gasteiger partial charge in [0.1, 0.15) is 0 Å². The summed E-state index contributed by atoms with van der Waals surface area (Å²) in [5.41, 5.74) is 5.45. The van der Waals surface area contributed by atoms with E-state index in [4.69, 9.17) is 0 Å². The van der Waals surface area contributed by atoms with E-state index in [2.05, 4.69) is 68.2 Å². The number of benzene rings is 1. The first-order chi connectivity index (χ1) is 10.1. The maximum absolute atomic E-state index is 3.43. The number of nitrogens with zero attached hydrogens (tertiary/aromatic N) is 1. The number of likely N-dealkylation sites (N-methyl/N-ethyl adjacent to an activating group) is 1. The van der Waals surface area contributed by atoms with Crippen molar-refractivity contribution in [2.24, 2.45) is 0 Å². The van der Waals surface area contributed by atoms with Crippen LogP contribution in [0.3, 0.4) is 0 Å². The molecule has 0 saturated carbocycles. The molecular formula is C19H28N2. The molecule has 0 radical (unpaired) electrons. The maximum Gasteiger partial charge on any atom is 0.0459 e. The topological polar surface area (TPSA) is 19.0 Å². The molecule has 1 N–H and O–H groups in total. The first-order valence-electron chi connectivity index (χ1n) is 8.01. The molecule has 1 heterocycles. The van der Waals surface area contributed by atoms with E-state index < -0.39 is 0 Å². The molecule has 21 heavy (non-hydrogen) atoms. The lowest BCUT2D eigenvalue weighted by atomic mass is 10.1. The average molecular weight is 284 g/mol. The van der Waals surface area contributed by atoms with Gasteiger partial charge in [-0.15, -0.1) is 0 Å². The highest BCUT2D eigenvalue weighted by atomic mass is 15.1. The molecule has 0 fully saturated rings. The maximum atomic E-state index is 3.43. The van der Waals surface area contributed by atoms with Crippen LogP contribution in [-0.4, -0.2) is 30.0 Å². The van der Waals surface area contributed by atoms with Crippen LogP contribution in [0.1, 0.15) is 38.3 Å². The number of hydrogen-bond acceptors (Lipinski definition) is 1. The smallest absolute Gasteiger partial charge is 0.0459 e. The van der Waals surface area contributed by atoms with Crippen molar-refractivity contribution in [3.8, 4) is 0 Å². The Morgan fingerprint density at radius 1 is 1.24 bits per heavy atom. The standard InChI is InChI=1S/C19H28N2/c1-5-11-21(4)12-10-17-14-20-19-13-16(7-6-15(2)3)8-9-18(17)19/h6,8-9,13-14,20H,5,7,10-12H2,1-4H3. The minimum absolute atomic E-state index is 1.02. The summed E-state index contributed by atoms with van der Waals surface area (Å²) < 4.78 is 0. The van der Waals surface area contributed by atoms with Gasteiger partial charge in [0.25, 0.3) is 0 Å². The van der Waals surface area contributed by atoms with E-state index in [1.807, 2.05) is 0 Å². The summed E-state index contributed by atoms with van der Waals surface area (Å²) in [7, 11) is 2.20. The highest BCUT2D eigenvalue weighted by molar-refractivity contribution is 5.83. The van der Waals surface area contributed by atoms with Crippen LogP contribution in [0.5, 0.6) is 0 Å². The molecule has 1 aromatic heterocycles. The third kappa shape index (κ3) is 4.47. The zero-order valence-electron chi connectivity index (χ0n) is 13.9. The van der Waals surface area contributed by atoms with Crippen molar-refractivity contribution in [1.29, 1.82) is 0 Å². The van der Waals surface area contributed by atoms with Gasteiger partial charge in [-0.3, -0.25) is 0 Å². The second-order valence-electron chi connectivity index (χ2n) is 6.23. The van der Waals surface area contributed by atoms with Crippen LogP contribution >= 0.6 is 0 Å². The minimum atomic E-state index is 1.02. The van der Waals surface area contributed by atoms with Gasteiger partial charge in [0, 0.05) is 23.6 Å². The lowest BCUT2D eigenvalue weighted by molar-refractivity contribution is 0.339. The second kappa shape index (κ2) is 7.46. The summed E-state index contributed by atoms with van der Waals surface area (Å²) in [4.78, 5) is 5.84. The van der Waals surface area contributed by atoms with Crippen LogP contribution in [0, 0.1) is 0 Å². The minimum Gasteiger partial charge on any atom is -0.361 e. The average Bonchev–Trinajstić information content (AvgIpc) is 2.85. The summed E-state index contributed by atoms with van der Waals surface area (Å²) in [6.07, 6.45) is 7.81. The zero-order chi connectivity index (χ0) is 15.2. The van der Waals surface area contributed by atoms with Crippen LogP contribution in [0.15, 0.2) is 36.0 Å². The van der Waals surface area contributed by atoms with E-state index in [9.17, 15) is 0 Å². The van der Waals surface area contributed by atoms with Crippen molar-refractivity contribution in [2.75, 3.05) is 20.1 Å². The molecule has 0 unspecified atom stereocenters. The summed E-state index contributed by atoms with van der Waals surface area (Å²) in [5, 5.41) is 1.38. The molecule has 0 aliphatic rings. The van der Waals surface area contributed by atoms with Crippen LogP contribution in [0.25, 0.3) is 10.9 Å². The van der Waals surface area contributed by atoms with Gasteiger partial charge in [0.05, 0.1) is 0 Å². The number of aromatic nitrogens is 1. The third-order valence-electron chi connectivity index (χ3n) is 3.95. The molecule has 0 spiro atoms. The summed E-state index contributed by atoms with van der Waals surface area (Å²) >= 11 is 0. The highest BCUT2D eigenvalue weighted by Gasteiger charge is 2.05. The number of H-pyrrole nitrogens is 1. The van der Waals surface area contributed by atoms with Gasteiger partial charge in [-0.2, -0.15) is 0 Å². The van der Waals surface area contributed by atoms with Gasteiger partial charge >= 0.3 is 0 Å². The van der Waals surface area contributed by atoms with Gasteiger partial charge in [0.2, 0.25) is 0 Å². The largest absolute Gasteiger partial charge is 0.361 e. The molecule has 2 heteroatoms. The van der Waals surface area contributed by atoms with Crippen molar-refractivity contribution in [3.05, 3.63) is 47.2 Å². The normalized spacial score (nSPS) is 11.3. The monoisotopic (exact) mass is 284 g/mol. The van der Waals surface area contributed by atoms with Crippen LogP contribution in [-0.2, 0) is 12.8 Å². The van der Waals surface area contributed by atoms with Gasteiger partial charge < -0.3 is 9.88 Å². The Balaban J connectivity index is 2.08. The summed E-state index contributed by atoms with van der Waals surface area (Å²) in [6.45, 7) is 8.84. The number of fused-ring (bicyclic) bond motifs is 1. The number of nitrogens with one attached hydrogen (secondary N) is 1. The molecule has 2 aromatic rings. The lowest BCUT2D eigenvalue weighted by Gasteiger charge is -2.14. The first kappa shape index (κ1) is 15.8. The fraction of sp³-hybridized carbons (Fsp3) is 0.474. The van der Waals surface area contributed by atoms with Gasteiger partial charge in [-0.1, -0.05) is 30.7 Å². The molecule has 0 saturated heterocycles. The van der Waals surface area contributed by atoms with E-state index in [0.29, 0.717) is 0 Å². The predicted molar refractivity (Wildman–Crippen MR) is 92.9 cm³/mol. The molecule has 0 atom stereocenters. The van der Waals surface area contributed by atoms with E-state index in [1.165, 1.54) is 40.6 Å². The SMILES string of the molecule is CCCN(C)CCc1c[nH]c2cc(CC=C(C)C)ccc12. The predicted octanol–water partition coefficient (Wildman–Crippen LogP) is 4.56. The van der Waals surface area contributed by atoms with Gasteiger partial charge in [-0.25, -0.2) is 0 Å². The summed E-state index contributed by atoms with van der Waals surface area (Å²) in [6, 6.07) is 6.82. The number of rotatable bonds is 7. The molecule has 1 aromatic carbocycles. The fourth-order valence-corrected chi connectivity index (χ4v) is 2.69. The van der Waals surface area contributed by atoms with E-state index in [-0.39, 0.29) is 0 Å². The van der Waals surface area contributed by atoms with Crippen LogP contribution in [0.2, 0.25) is 0 Å². The highest BCUT2D eigenvalue weighted by Crippen LogP contribution is 2.21. The van der Waals surface area contributed by atoms with Crippen molar-refractivity contribution < 1.29 is 0 Å². The molecule has 0 bridgehead atoms. The molecule has 0 aliphatic heterocycles. The quantitative estimate of drug-likeness (QED) is 0.738. The molecule has 114 valence electrons. The molecule has 0 aliphatic carbocycles. The Morgan fingerprint density at radius 2 is 2.05 bits per heavy atom. The van der Waals surface area contributed by atoms with Crippen molar-refractivity contribution in [1.82, 2.24) is 9.88 Å². The Kier molecular flexibility index (Phi) is 5.63.